The lowest BCUT2D eigenvalue weighted by Crippen LogP contribution is -2.50. The SMILES string of the molecule is CCC(C)C(NC(=O)c1ccccc1)C(=O)NCCCC(=O)OC. The van der Waals surface area contributed by atoms with Gasteiger partial charge in [0.05, 0.1) is 7.11 Å². The van der Waals surface area contributed by atoms with Crippen LogP contribution in [0.1, 0.15) is 43.5 Å². The molecule has 2 atom stereocenters. The minimum Gasteiger partial charge on any atom is -0.469 e. The van der Waals surface area contributed by atoms with Gasteiger partial charge in [-0.05, 0) is 24.5 Å². The molecule has 0 radical (unpaired) electrons. The molecule has 0 aliphatic rings. The molecule has 0 saturated heterocycles. The van der Waals surface area contributed by atoms with E-state index in [2.05, 4.69) is 15.4 Å². The Bertz CT molecular complexity index is 545. The van der Waals surface area contributed by atoms with Crippen molar-refractivity contribution in [2.24, 2.45) is 5.92 Å². The first kappa shape index (κ1) is 19.7. The molecule has 2 N–H and O–H groups in total. The van der Waals surface area contributed by atoms with Gasteiger partial charge < -0.3 is 15.4 Å². The zero-order valence-corrected chi connectivity index (χ0v) is 14.5. The number of rotatable bonds is 9. The molecule has 2 unspecified atom stereocenters. The molecule has 0 fully saturated rings. The third-order valence-electron chi connectivity index (χ3n) is 3.90. The van der Waals surface area contributed by atoms with E-state index in [4.69, 9.17) is 0 Å². The molecule has 0 aliphatic carbocycles. The molecule has 0 aliphatic heterocycles. The summed E-state index contributed by atoms with van der Waals surface area (Å²) in [6.45, 7) is 4.25. The summed E-state index contributed by atoms with van der Waals surface area (Å²) in [6.07, 6.45) is 1.51. The van der Waals surface area contributed by atoms with Gasteiger partial charge in [0.2, 0.25) is 5.91 Å². The summed E-state index contributed by atoms with van der Waals surface area (Å²) in [6, 6.07) is 8.19. The fraction of sp³-hybridized carbons (Fsp3) is 0.500. The number of nitrogens with one attached hydrogen (secondary N) is 2. The van der Waals surface area contributed by atoms with E-state index in [1.807, 2.05) is 19.9 Å². The van der Waals surface area contributed by atoms with Crippen molar-refractivity contribution < 1.29 is 19.1 Å². The molecule has 0 spiro atoms. The van der Waals surface area contributed by atoms with Crippen LogP contribution in [0, 0.1) is 5.92 Å². The van der Waals surface area contributed by atoms with E-state index in [1.54, 1.807) is 24.3 Å². The number of methoxy groups -OCH3 is 1. The van der Waals surface area contributed by atoms with Crippen molar-refractivity contribution in [1.82, 2.24) is 10.6 Å². The van der Waals surface area contributed by atoms with E-state index >= 15 is 0 Å². The minimum atomic E-state index is -0.610. The molecule has 0 heterocycles. The van der Waals surface area contributed by atoms with Crippen LogP contribution in [0.4, 0.5) is 0 Å². The highest BCUT2D eigenvalue weighted by atomic mass is 16.5. The predicted molar refractivity (Wildman–Crippen MR) is 91.4 cm³/mol. The molecular weight excluding hydrogens is 308 g/mol. The van der Waals surface area contributed by atoms with Gasteiger partial charge in [-0.25, -0.2) is 0 Å². The Kier molecular flexibility index (Phi) is 8.54. The number of benzene rings is 1. The summed E-state index contributed by atoms with van der Waals surface area (Å²) in [4.78, 5) is 35.7. The summed E-state index contributed by atoms with van der Waals surface area (Å²) in [5.74, 6) is -0.817. The number of esters is 1. The molecule has 1 rings (SSSR count). The van der Waals surface area contributed by atoms with Gasteiger partial charge in [-0.3, -0.25) is 14.4 Å². The summed E-state index contributed by atoms with van der Waals surface area (Å²) in [5.41, 5.74) is 0.518. The Balaban J connectivity index is 2.59. The van der Waals surface area contributed by atoms with Crippen molar-refractivity contribution in [2.45, 2.75) is 39.2 Å². The molecule has 0 saturated carbocycles. The highest BCUT2D eigenvalue weighted by molar-refractivity contribution is 5.97. The quantitative estimate of drug-likeness (QED) is 0.533. The zero-order chi connectivity index (χ0) is 17.9. The van der Waals surface area contributed by atoms with Crippen LogP contribution in [-0.2, 0) is 14.3 Å². The van der Waals surface area contributed by atoms with Gasteiger partial charge >= 0.3 is 5.97 Å². The van der Waals surface area contributed by atoms with Gasteiger partial charge in [-0.2, -0.15) is 0 Å². The first-order chi connectivity index (χ1) is 11.5. The fourth-order valence-electron chi connectivity index (χ4n) is 2.17. The maximum absolute atomic E-state index is 12.4. The lowest BCUT2D eigenvalue weighted by atomic mass is 9.97. The molecule has 24 heavy (non-hydrogen) atoms. The Labute approximate surface area is 143 Å². The zero-order valence-electron chi connectivity index (χ0n) is 14.5. The van der Waals surface area contributed by atoms with Gasteiger partial charge in [0.1, 0.15) is 6.04 Å². The Hall–Kier alpha value is -2.37. The van der Waals surface area contributed by atoms with Crippen LogP contribution >= 0.6 is 0 Å². The first-order valence-corrected chi connectivity index (χ1v) is 8.20. The van der Waals surface area contributed by atoms with Crippen LogP contribution in [0.2, 0.25) is 0 Å². The molecule has 2 amide bonds. The van der Waals surface area contributed by atoms with Crippen LogP contribution in [0.15, 0.2) is 30.3 Å². The third-order valence-corrected chi connectivity index (χ3v) is 3.90. The normalized spacial score (nSPS) is 12.8. The van der Waals surface area contributed by atoms with Crippen molar-refractivity contribution in [1.29, 1.82) is 0 Å². The summed E-state index contributed by atoms with van der Waals surface area (Å²) < 4.78 is 4.55. The largest absolute Gasteiger partial charge is 0.469 e. The maximum atomic E-state index is 12.4. The molecule has 0 aromatic heterocycles. The first-order valence-electron chi connectivity index (χ1n) is 8.20. The second-order valence-electron chi connectivity index (χ2n) is 5.67. The Morgan fingerprint density at radius 2 is 1.83 bits per heavy atom. The van der Waals surface area contributed by atoms with E-state index < -0.39 is 6.04 Å². The van der Waals surface area contributed by atoms with Crippen LogP contribution < -0.4 is 10.6 Å². The molecule has 1 aromatic carbocycles. The van der Waals surface area contributed by atoms with Gasteiger partial charge in [0.15, 0.2) is 0 Å². The van der Waals surface area contributed by atoms with Gasteiger partial charge in [0.25, 0.3) is 5.91 Å². The topological polar surface area (TPSA) is 84.5 Å². The van der Waals surface area contributed by atoms with Crippen LogP contribution in [-0.4, -0.2) is 37.5 Å². The van der Waals surface area contributed by atoms with Gasteiger partial charge in [-0.1, -0.05) is 38.5 Å². The lowest BCUT2D eigenvalue weighted by Gasteiger charge is -2.23. The molecule has 132 valence electrons. The minimum absolute atomic E-state index is 0.00160. The Morgan fingerprint density at radius 3 is 2.42 bits per heavy atom. The summed E-state index contributed by atoms with van der Waals surface area (Å²) in [5, 5.41) is 5.57. The number of amides is 2. The number of carbonyl (C=O) groups excluding carboxylic acids is 3. The average Bonchev–Trinajstić information content (AvgIpc) is 2.62. The lowest BCUT2D eigenvalue weighted by molar-refractivity contribution is -0.140. The predicted octanol–water partition coefficient (Wildman–Crippen LogP) is 1.90. The molecule has 1 aromatic rings. The molecule has 0 bridgehead atoms. The monoisotopic (exact) mass is 334 g/mol. The maximum Gasteiger partial charge on any atom is 0.305 e. The standard InChI is InChI=1S/C18H26N2O4/c1-4-13(2)16(18(23)19-12-8-11-15(21)24-3)20-17(22)14-9-6-5-7-10-14/h5-7,9-10,13,16H,4,8,11-12H2,1-3H3,(H,19,23)(H,20,22). The number of hydrogen-bond donors (Lipinski definition) is 2. The van der Waals surface area contributed by atoms with E-state index in [0.717, 1.165) is 6.42 Å². The number of carbonyl (C=O) groups is 3. The molecule has 6 nitrogen and oxygen atoms in total. The van der Waals surface area contributed by atoms with Crippen molar-refractivity contribution in [2.75, 3.05) is 13.7 Å². The molecular formula is C18H26N2O4. The highest BCUT2D eigenvalue weighted by Gasteiger charge is 2.25. The van der Waals surface area contributed by atoms with Crippen molar-refractivity contribution in [3.8, 4) is 0 Å². The fourth-order valence-corrected chi connectivity index (χ4v) is 2.17. The second kappa shape index (κ2) is 10.4. The van der Waals surface area contributed by atoms with Crippen LogP contribution in [0.5, 0.6) is 0 Å². The van der Waals surface area contributed by atoms with Crippen molar-refractivity contribution >= 4 is 17.8 Å². The third kappa shape index (κ3) is 6.40. The van der Waals surface area contributed by atoms with E-state index in [0.29, 0.717) is 18.5 Å². The van der Waals surface area contributed by atoms with Crippen molar-refractivity contribution in [3.05, 3.63) is 35.9 Å². The molecule has 6 heteroatoms. The van der Waals surface area contributed by atoms with E-state index in [9.17, 15) is 14.4 Å². The van der Waals surface area contributed by atoms with E-state index in [-0.39, 0.29) is 30.1 Å². The van der Waals surface area contributed by atoms with Crippen LogP contribution in [0.25, 0.3) is 0 Å². The highest BCUT2D eigenvalue weighted by Crippen LogP contribution is 2.10. The number of ether oxygens (including phenoxy) is 1. The average molecular weight is 334 g/mol. The van der Waals surface area contributed by atoms with Gasteiger partial charge in [0, 0.05) is 18.5 Å². The van der Waals surface area contributed by atoms with Crippen molar-refractivity contribution in [3.63, 3.8) is 0 Å². The second-order valence-corrected chi connectivity index (χ2v) is 5.67. The van der Waals surface area contributed by atoms with Crippen LogP contribution in [0.3, 0.4) is 0 Å². The van der Waals surface area contributed by atoms with Gasteiger partial charge in [-0.15, -0.1) is 0 Å². The smallest absolute Gasteiger partial charge is 0.305 e. The summed E-state index contributed by atoms with van der Waals surface area (Å²) in [7, 11) is 1.33. The summed E-state index contributed by atoms with van der Waals surface area (Å²) >= 11 is 0. The van der Waals surface area contributed by atoms with E-state index in [1.165, 1.54) is 7.11 Å². The Morgan fingerprint density at radius 1 is 1.17 bits per heavy atom. The number of hydrogen-bond acceptors (Lipinski definition) is 4.